The summed E-state index contributed by atoms with van der Waals surface area (Å²) in [5.41, 5.74) is 0.305. The molecule has 1 atom stereocenters. The maximum absolute atomic E-state index is 11.1. The van der Waals surface area contributed by atoms with Gasteiger partial charge in [0, 0.05) is 13.6 Å². The van der Waals surface area contributed by atoms with Crippen LogP contribution in [0.1, 0.15) is 26.5 Å². The Balaban J connectivity index is 3.00. The second kappa shape index (κ2) is 6.36. The molecular formula is C12H20N4O4. The molecule has 8 heteroatoms. The molecule has 0 aliphatic carbocycles. The van der Waals surface area contributed by atoms with Crippen LogP contribution in [0.15, 0.2) is 0 Å². The van der Waals surface area contributed by atoms with Gasteiger partial charge in [-0.05, 0) is 12.3 Å². The number of hydrogen-bond donors (Lipinski definition) is 2. The highest BCUT2D eigenvalue weighted by Crippen LogP contribution is 2.28. The van der Waals surface area contributed by atoms with Gasteiger partial charge in [-0.2, -0.15) is 5.10 Å². The standard InChI is InChI=1S/C12H20N4O4/c1-5-9-10(16(19)20)11(15(4)14-9)13-6-8(7(2)3)12(17)18/h7-8,13H,5-6H2,1-4H3,(H,17,18). The summed E-state index contributed by atoms with van der Waals surface area (Å²) in [6.45, 7) is 5.51. The number of rotatable bonds is 7. The molecule has 0 aliphatic rings. The maximum Gasteiger partial charge on any atom is 0.333 e. The lowest BCUT2D eigenvalue weighted by molar-refractivity contribution is -0.384. The lowest BCUT2D eigenvalue weighted by atomic mass is 9.96. The Morgan fingerprint density at radius 2 is 2.15 bits per heavy atom. The van der Waals surface area contributed by atoms with Crippen LogP contribution in [-0.4, -0.2) is 32.3 Å². The zero-order valence-electron chi connectivity index (χ0n) is 12.1. The normalized spacial score (nSPS) is 12.4. The molecule has 1 aromatic rings. The SMILES string of the molecule is CCc1nn(C)c(NCC(C(=O)O)C(C)C)c1[N+](=O)[O-]. The average molecular weight is 284 g/mol. The first kappa shape index (κ1) is 15.9. The number of hydrogen-bond acceptors (Lipinski definition) is 5. The molecular weight excluding hydrogens is 264 g/mol. The van der Waals surface area contributed by atoms with Crippen molar-refractivity contribution in [1.29, 1.82) is 0 Å². The van der Waals surface area contributed by atoms with Crippen LogP contribution in [0.4, 0.5) is 11.5 Å². The van der Waals surface area contributed by atoms with Crippen molar-refractivity contribution in [2.75, 3.05) is 11.9 Å². The fourth-order valence-corrected chi connectivity index (χ4v) is 2.01. The van der Waals surface area contributed by atoms with Gasteiger partial charge in [0.2, 0.25) is 5.82 Å². The van der Waals surface area contributed by atoms with Crippen molar-refractivity contribution >= 4 is 17.5 Å². The fraction of sp³-hybridized carbons (Fsp3) is 0.667. The van der Waals surface area contributed by atoms with Crippen LogP contribution in [0.5, 0.6) is 0 Å². The topological polar surface area (TPSA) is 110 Å². The molecule has 1 unspecified atom stereocenters. The molecule has 0 spiro atoms. The minimum atomic E-state index is -0.923. The van der Waals surface area contributed by atoms with Crippen LogP contribution in [0.3, 0.4) is 0 Å². The molecule has 0 radical (unpaired) electrons. The summed E-state index contributed by atoms with van der Waals surface area (Å²) in [5.74, 6) is -1.36. The van der Waals surface area contributed by atoms with E-state index in [4.69, 9.17) is 5.11 Å². The van der Waals surface area contributed by atoms with E-state index in [1.807, 2.05) is 0 Å². The third-order valence-electron chi connectivity index (χ3n) is 3.22. The van der Waals surface area contributed by atoms with Gasteiger partial charge in [0.05, 0.1) is 10.8 Å². The molecule has 0 saturated carbocycles. The number of nitrogens with one attached hydrogen (secondary N) is 1. The Bertz CT molecular complexity index is 510. The van der Waals surface area contributed by atoms with E-state index in [-0.39, 0.29) is 24.0 Å². The molecule has 2 N–H and O–H groups in total. The number of nitro groups is 1. The highest BCUT2D eigenvalue weighted by atomic mass is 16.6. The summed E-state index contributed by atoms with van der Waals surface area (Å²) in [4.78, 5) is 21.8. The molecule has 0 aliphatic heterocycles. The summed E-state index contributed by atoms with van der Waals surface area (Å²) in [6.07, 6.45) is 0.443. The lowest BCUT2D eigenvalue weighted by Gasteiger charge is -2.17. The van der Waals surface area contributed by atoms with Gasteiger partial charge in [0.1, 0.15) is 5.69 Å². The van der Waals surface area contributed by atoms with E-state index < -0.39 is 16.8 Å². The lowest BCUT2D eigenvalue weighted by Crippen LogP contribution is -2.28. The monoisotopic (exact) mass is 284 g/mol. The van der Waals surface area contributed by atoms with Gasteiger partial charge in [-0.15, -0.1) is 0 Å². The quantitative estimate of drug-likeness (QED) is 0.582. The molecule has 8 nitrogen and oxygen atoms in total. The number of carbonyl (C=O) groups is 1. The first-order valence-corrected chi connectivity index (χ1v) is 6.46. The van der Waals surface area contributed by atoms with Gasteiger partial charge in [0.25, 0.3) is 0 Å². The van der Waals surface area contributed by atoms with Crippen LogP contribution < -0.4 is 5.32 Å². The number of carboxylic acids is 1. The minimum Gasteiger partial charge on any atom is -0.481 e. The van der Waals surface area contributed by atoms with Crippen molar-refractivity contribution in [2.24, 2.45) is 18.9 Å². The first-order valence-electron chi connectivity index (χ1n) is 6.46. The predicted molar refractivity (Wildman–Crippen MR) is 73.7 cm³/mol. The van der Waals surface area contributed by atoms with Gasteiger partial charge in [-0.25, -0.2) is 4.68 Å². The number of anilines is 1. The maximum atomic E-state index is 11.1. The molecule has 0 fully saturated rings. The van der Waals surface area contributed by atoms with Crippen LogP contribution in [0.2, 0.25) is 0 Å². The number of aromatic nitrogens is 2. The van der Waals surface area contributed by atoms with Crippen molar-refractivity contribution in [2.45, 2.75) is 27.2 Å². The molecule has 0 saturated heterocycles. The third kappa shape index (κ3) is 3.25. The third-order valence-corrected chi connectivity index (χ3v) is 3.22. The minimum absolute atomic E-state index is 0.0714. The zero-order chi connectivity index (χ0) is 15.4. The van der Waals surface area contributed by atoms with Crippen LogP contribution in [0, 0.1) is 22.0 Å². The Hall–Kier alpha value is -2.12. The van der Waals surface area contributed by atoms with Gasteiger partial charge in [0.15, 0.2) is 0 Å². The summed E-state index contributed by atoms with van der Waals surface area (Å²) in [6, 6.07) is 0. The molecule has 20 heavy (non-hydrogen) atoms. The molecule has 1 heterocycles. The Labute approximate surface area is 116 Å². The average Bonchev–Trinajstić information content (AvgIpc) is 2.65. The smallest absolute Gasteiger partial charge is 0.333 e. The second-order valence-electron chi connectivity index (χ2n) is 4.95. The Morgan fingerprint density at radius 1 is 1.55 bits per heavy atom. The number of aryl methyl sites for hydroxylation is 2. The molecule has 1 rings (SSSR count). The van der Waals surface area contributed by atoms with E-state index in [0.717, 1.165) is 0 Å². The van der Waals surface area contributed by atoms with Gasteiger partial charge >= 0.3 is 11.7 Å². The van der Waals surface area contributed by atoms with Gasteiger partial charge in [-0.1, -0.05) is 20.8 Å². The fourth-order valence-electron chi connectivity index (χ4n) is 2.01. The van der Waals surface area contributed by atoms with Crippen molar-refractivity contribution in [1.82, 2.24) is 9.78 Å². The van der Waals surface area contributed by atoms with Crippen molar-refractivity contribution < 1.29 is 14.8 Å². The van der Waals surface area contributed by atoms with Crippen LogP contribution in [-0.2, 0) is 18.3 Å². The molecule has 1 aromatic heterocycles. The highest BCUT2D eigenvalue weighted by Gasteiger charge is 2.28. The van der Waals surface area contributed by atoms with E-state index in [1.165, 1.54) is 4.68 Å². The molecule has 0 aromatic carbocycles. The van der Waals surface area contributed by atoms with E-state index in [9.17, 15) is 14.9 Å². The van der Waals surface area contributed by atoms with E-state index in [2.05, 4.69) is 10.4 Å². The number of nitrogens with zero attached hydrogens (tertiary/aromatic N) is 3. The number of carboxylic acid groups (broad SMARTS) is 1. The summed E-state index contributed by atoms with van der Waals surface area (Å²) in [5, 5.41) is 27.2. The Morgan fingerprint density at radius 3 is 2.55 bits per heavy atom. The Kier molecular flexibility index (Phi) is 5.06. The van der Waals surface area contributed by atoms with Gasteiger partial charge in [-0.3, -0.25) is 14.9 Å². The van der Waals surface area contributed by atoms with Crippen molar-refractivity contribution in [3.05, 3.63) is 15.8 Å². The second-order valence-corrected chi connectivity index (χ2v) is 4.95. The zero-order valence-corrected chi connectivity index (χ0v) is 12.1. The van der Waals surface area contributed by atoms with Crippen molar-refractivity contribution in [3.8, 4) is 0 Å². The van der Waals surface area contributed by atoms with Crippen LogP contribution in [0.25, 0.3) is 0 Å². The molecule has 112 valence electrons. The summed E-state index contributed by atoms with van der Waals surface area (Å²) in [7, 11) is 1.60. The summed E-state index contributed by atoms with van der Waals surface area (Å²) >= 11 is 0. The van der Waals surface area contributed by atoms with E-state index in [1.54, 1.807) is 27.8 Å². The van der Waals surface area contributed by atoms with Gasteiger partial charge < -0.3 is 10.4 Å². The summed E-state index contributed by atoms with van der Waals surface area (Å²) < 4.78 is 1.39. The highest BCUT2D eigenvalue weighted by molar-refractivity contribution is 5.71. The predicted octanol–water partition coefficient (Wildman–Crippen LogP) is 1.66. The molecule has 0 amide bonds. The van der Waals surface area contributed by atoms with E-state index >= 15 is 0 Å². The largest absolute Gasteiger partial charge is 0.481 e. The number of aliphatic carboxylic acids is 1. The van der Waals surface area contributed by atoms with Crippen molar-refractivity contribution in [3.63, 3.8) is 0 Å². The molecule has 0 bridgehead atoms. The van der Waals surface area contributed by atoms with Crippen LogP contribution >= 0.6 is 0 Å². The first-order chi connectivity index (χ1) is 9.29. The van der Waals surface area contributed by atoms with E-state index in [0.29, 0.717) is 12.1 Å².